The molecule has 2 unspecified atom stereocenters. The Hall–Kier alpha value is 0.230. The monoisotopic (exact) mass is 196 g/mol. The van der Waals surface area contributed by atoms with Crippen molar-refractivity contribution in [2.45, 2.75) is 38.6 Å². The summed E-state index contributed by atoms with van der Waals surface area (Å²) < 4.78 is 4.83. The van der Waals surface area contributed by atoms with Crippen molar-refractivity contribution in [3.8, 4) is 0 Å². The van der Waals surface area contributed by atoms with Gasteiger partial charge in [-0.15, -0.1) is 11.8 Å². The Morgan fingerprint density at radius 3 is 1.42 bits per heavy atom. The maximum atomic E-state index is 8.53. The van der Waals surface area contributed by atoms with E-state index < -0.39 is 10.9 Å². The second kappa shape index (κ2) is 11.2. The number of hydrogen-bond donors (Lipinski definition) is 2. The number of thioether (sulfide) groups is 1. The van der Waals surface area contributed by atoms with Gasteiger partial charge in [0.15, 0.2) is 0 Å². The second-order valence-electron chi connectivity index (χ2n) is 2.12. The maximum Gasteiger partial charge on any atom is 0.0989 e. The molecule has 76 valence electrons. The van der Waals surface area contributed by atoms with Gasteiger partial charge in [-0.3, -0.25) is 0 Å². The van der Waals surface area contributed by atoms with Crippen LogP contribution in [-0.4, -0.2) is 34.3 Å². The SMILES string of the molecule is CC(O)SC(C)O.CCOCC. The fourth-order valence-corrected chi connectivity index (χ4v) is 1.06. The van der Waals surface area contributed by atoms with Crippen molar-refractivity contribution in [3.63, 3.8) is 0 Å². The predicted octanol–water partition coefficient (Wildman–Crippen LogP) is 1.44. The van der Waals surface area contributed by atoms with E-state index in [1.54, 1.807) is 13.8 Å². The summed E-state index contributed by atoms with van der Waals surface area (Å²) in [4.78, 5) is 0. The third-order valence-corrected chi connectivity index (χ3v) is 1.59. The highest BCUT2D eigenvalue weighted by Gasteiger charge is 1.98. The topological polar surface area (TPSA) is 49.7 Å². The number of aliphatic hydroxyl groups excluding tert-OH is 2. The number of hydrogen-bond acceptors (Lipinski definition) is 4. The molecule has 0 aliphatic heterocycles. The van der Waals surface area contributed by atoms with E-state index in [9.17, 15) is 0 Å². The van der Waals surface area contributed by atoms with Crippen LogP contribution < -0.4 is 0 Å². The van der Waals surface area contributed by atoms with Crippen LogP contribution in [-0.2, 0) is 4.74 Å². The van der Waals surface area contributed by atoms with Crippen LogP contribution in [0.4, 0.5) is 0 Å². The first kappa shape index (κ1) is 14.7. The van der Waals surface area contributed by atoms with Crippen molar-refractivity contribution in [2.75, 3.05) is 13.2 Å². The quantitative estimate of drug-likeness (QED) is 0.668. The van der Waals surface area contributed by atoms with Crippen molar-refractivity contribution in [3.05, 3.63) is 0 Å². The Balaban J connectivity index is 0. The van der Waals surface area contributed by atoms with E-state index in [-0.39, 0.29) is 0 Å². The van der Waals surface area contributed by atoms with E-state index in [0.29, 0.717) is 0 Å². The molecule has 0 spiro atoms. The minimum atomic E-state index is -0.458. The van der Waals surface area contributed by atoms with Crippen LogP contribution in [0.15, 0.2) is 0 Å². The molecule has 0 saturated carbocycles. The molecule has 3 nitrogen and oxygen atoms in total. The van der Waals surface area contributed by atoms with Gasteiger partial charge >= 0.3 is 0 Å². The first-order valence-electron chi connectivity index (χ1n) is 4.13. The summed E-state index contributed by atoms with van der Waals surface area (Å²) >= 11 is 1.12. The Kier molecular flexibility index (Phi) is 13.8. The van der Waals surface area contributed by atoms with Gasteiger partial charge in [0.05, 0.1) is 10.9 Å². The van der Waals surface area contributed by atoms with E-state index >= 15 is 0 Å². The van der Waals surface area contributed by atoms with Crippen molar-refractivity contribution in [2.24, 2.45) is 0 Å². The molecule has 4 heteroatoms. The molecular formula is C8H20O3S. The van der Waals surface area contributed by atoms with E-state index in [1.165, 1.54) is 0 Å². The molecule has 0 aliphatic carbocycles. The van der Waals surface area contributed by atoms with E-state index in [4.69, 9.17) is 14.9 Å². The van der Waals surface area contributed by atoms with Crippen molar-refractivity contribution < 1.29 is 14.9 Å². The summed E-state index contributed by atoms with van der Waals surface area (Å²) in [5.41, 5.74) is -0.917. The van der Waals surface area contributed by atoms with Crippen LogP contribution >= 0.6 is 11.8 Å². The molecule has 0 aliphatic rings. The van der Waals surface area contributed by atoms with Gasteiger partial charge in [-0.25, -0.2) is 0 Å². The third kappa shape index (κ3) is 22.5. The summed E-state index contributed by atoms with van der Waals surface area (Å²) in [7, 11) is 0. The molecule has 12 heavy (non-hydrogen) atoms. The zero-order valence-electron chi connectivity index (χ0n) is 8.28. The smallest absolute Gasteiger partial charge is 0.0989 e. The van der Waals surface area contributed by atoms with Crippen LogP contribution in [0.5, 0.6) is 0 Å². The summed E-state index contributed by atoms with van der Waals surface area (Å²) in [5, 5.41) is 17.1. The van der Waals surface area contributed by atoms with Gasteiger partial charge in [0.1, 0.15) is 0 Å². The van der Waals surface area contributed by atoms with Gasteiger partial charge < -0.3 is 14.9 Å². The third-order valence-electron chi connectivity index (χ3n) is 0.802. The van der Waals surface area contributed by atoms with Crippen molar-refractivity contribution in [1.29, 1.82) is 0 Å². The average molecular weight is 196 g/mol. The lowest BCUT2D eigenvalue weighted by Gasteiger charge is -2.04. The van der Waals surface area contributed by atoms with Crippen LogP contribution in [0, 0.1) is 0 Å². The first-order chi connectivity index (χ1) is 5.54. The molecule has 0 aromatic rings. The highest BCUT2D eigenvalue weighted by Crippen LogP contribution is 2.10. The fraction of sp³-hybridized carbons (Fsp3) is 1.00. The zero-order chi connectivity index (χ0) is 9.98. The highest BCUT2D eigenvalue weighted by molar-refractivity contribution is 8.00. The molecule has 0 amide bonds. The average Bonchev–Trinajstić information content (AvgIpc) is 1.87. The summed E-state index contributed by atoms with van der Waals surface area (Å²) in [6, 6.07) is 0. The number of aliphatic hydroxyl groups is 2. The molecule has 0 fully saturated rings. The largest absolute Gasteiger partial charge is 0.383 e. The fourth-order valence-electron chi connectivity index (χ4n) is 0.489. The van der Waals surface area contributed by atoms with Gasteiger partial charge in [-0.2, -0.15) is 0 Å². The molecule has 2 atom stereocenters. The standard InChI is InChI=1S/C4H10O2S.C4H10O/c1-3(5)7-4(2)6;1-3-5-4-2/h3-6H,1-2H3;3-4H2,1-2H3. The highest BCUT2D eigenvalue weighted by atomic mass is 32.2. The molecule has 0 saturated heterocycles. The summed E-state index contributed by atoms with van der Waals surface area (Å²) in [6.45, 7) is 8.91. The lowest BCUT2D eigenvalue weighted by Crippen LogP contribution is -2.00. The predicted molar refractivity (Wildman–Crippen MR) is 53.1 cm³/mol. The van der Waals surface area contributed by atoms with E-state index in [1.807, 2.05) is 13.8 Å². The van der Waals surface area contributed by atoms with Gasteiger partial charge in [0.25, 0.3) is 0 Å². The molecule has 0 aromatic heterocycles. The van der Waals surface area contributed by atoms with Gasteiger partial charge in [0, 0.05) is 13.2 Å². The lowest BCUT2D eigenvalue weighted by molar-refractivity contribution is 0.162. The molecule has 0 rings (SSSR count). The summed E-state index contributed by atoms with van der Waals surface area (Å²) in [6.07, 6.45) is 0. The first-order valence-corrected chi connectivity index (χ1v) is 5.08. The lowest BCUT2D eigenvalue weighted by atomic mass is 10.8. The Morgan fingerprint density at radius 1 is 1.08 bits per heavy atom. The van der Waals surface area contributed by atoms with Crippen LogP contribution in [0.3, 0.4) is 0 Å². The van der Waals surface area contributed by atoms with Gasteiger partial charge in [-0.05, 0) is 27.7 Å². The Morgan fingerprint density at radius 2 is 1.42 bits per heavy atom. The molecule has 0 radical (unpaired) electrons. The van der Waals surface area contributed by atoms with Crippen LogP contribution in [0.2, 0.25) is 0 Å². The maximum absolute atomic E-state index is 8.53. The van der Waals surface area contributed by atoms with Crippen molar-refractivity contribution in [1.82, 2.24) is 0 Å². The summed E-state index contributed by atoms with van der Waals surface area (Å²) in [5.74, 6) is 0. The minimum Gasteiger partial charge on any atom is -0.383 e. The Labute approximate surface area is 79.1 Å². The van der Waals surface area contributed by atoms with Gasteiger partial charge in [0.2, 0.25) is 0 Å². The minimum absolute atomic E-state index is 0.458. The zero-order valence-corrected chi connectivity index (χ0v) is 9.10. The molecule has 0 heterocycles. The molecular weight excluding hydrogens is 176 g/mol. The Bertz CT molecular complexity index is 68.7. The molecule has 0 bridgehead atoms. The van der Waals surface area contributed by atoms with E-state index in [2.05, 4.69) is 0 Å². The number of ether oxygens (including phenoxy) is 1. The van der Waals surface area contributed by atoms with E-state index in [0.717, 1.165) is 25.0 Å². The second-order valence-corrected chi connectivity index (χ2v) is 3.75. The van der Waals surface area contributed by atoms with Crippen molar-refractivity contribution >= 4 is 11.8 Å². The molecule has 2 N–H and O–H groups in total. The molecule has 0 aromatic carbocycles. The number of rotatable bonds is 4. The van der Waals surface area contributed by atoms with Crippen LogP contribution in [0.25, 0.3) is 0 Å². The van der Waals surface area contributed by atoms with Crippen LogP contribution in [0.1, 0.15) is 27.7 Å². The van der Waals surface area contributed by atoms with Gasteiger partial charge in [-0.1, -0.05) is 0 Å². The normalized spacial score (nSPS) is 14.5.